The zero-order valence-electron chi connectivity index (χ0n) is 8.16. The van der Waals surface area contributed by atoms with Crippen LogP contribution in [0, 0.1) is 6.92 Å². The van der Waals surface area contributed by atoms with Gasteiger partial charge in [0.2, 0.25) is 0 Å². The van der Waals surface area contributed by atoms with Crippen LogP contribution in [-0.4, -0.2) is 26.3 Å². The van der Waals surface area contributed by atoms with E-state index in [0.717, 1.165) is 13.2 Å². The van der Waals surface area contributed by atoms with Crippen LogP contribution >= 0.6 is 0 Å². The molecular weight excluding hydrogens is 162 g/mol. The molecule has 0 aromatic heterocycles. The van der Waals surface area contributed by atoms with Gasteiger partial charge in [-0.05, 0) is 24.6 Å². The van der Waals surface area contributed by atoms with Crippen LogP contribution in [0.5, 0.6) is 0 Å². The van der Waals surface area contributed by atoms with Crippen molar-refractivity contribution in [2.24, 2.45) is 0 Å². The van der Waals surface area contributed by atoms with E-state index in [1.165, 1.54) is 11.3 Å². The first-order valence-corrected chi connectivity index (χ1v) is 4.65. The summed E-state index contributed by atoms with van der Waals surface area (Å²) in [5, 5.41) is 0. The molecule has 0 unspecified atom stereocenters. The Labute approximate surface area is 79.1 Å². The summed E-state index contributed by atoms with van der Waals surface area (Å²) in [6.07, 6.45) is 0.463. The molecule has 1 aliphatic rings. The van der Waals surface area contributed by atoms with Crippen molar-refractivity contribution in [3.8, 4) is 0 Å². The Morgan fingerprint density at radius 2 is 2.31 bits per heavy atom. The third kappa shape index (κ3) is 2.22. The molecule has 2 heteroatoms. The zero-order valence-corrected chi connectivity index (χ0v) is 8.16. The van der Waals surface area contributed by atoms with Gasteiger partial charge in [-0.3, -0.25) is 0 Å². The molecule has 0 saturated carbocycles. The zero-order chi connectivity index (χ0) is 9.26. The molecule has 0 aliphatic carbocycles. The average molecular weight is 177 g/mol. The first kappa shape index (κ1) is 8.57. The third-order valence-electron chi connectivity index (χ3n) is 2.32. The highest BCUT2D eigenvalue weighted by atomic mass is 16.6. The van der Waals surface area contributed by atoms with E-state index in [1.54, 1.807) is 0 Å². The molecule has 1 aromatic rings. The number of hydrogen-bond acceptors (Lipinski definition) is 2. The summed E-state index contributed by atoms with van der Waals surface area (Å²) in [6.45, 7) is 4.05. The van der Waals surface area contributed by atoms with Crippen LogP contribution in [0.25, 0.3) is 0 Å². The molecule has 13 heavy (non-hydrogen) atoms. The fraction of sp³-hybridized carbons (Fsp3) is 0.455. The van der Waals surface area contributed by atoms with E-state index in [9.17, 15) is 0 Å². The number of epoxide rings is 1. The second kappa shape index (κ2) is 3.38. The first-order chi connectivity index (χ1) is 6.25. The molecule has 2 nitrogen and oxygen atoms in total. The van der Waals surface area contributed by atoms with Crippen molar-refractivity contribution >= 4 is 5.69 Å². The molecule has 0 amide bonds. The lowest BCUT2D eigenvalue weighted by atomic mass is 10.2. The fourth-order valence-electron chi connectivity index (χ4n) is 1.45. The van der Waals surface area contributed by atoms with E-state index in [0.29, 0.717) is 6.10 Å². The van der Waals surface area contributed by atoms with E-state index in [2.05, 4.69) is 43.1 Å². The molecule has 2 rings (SSSR count). The lowest BCUT2D eigenvalue weighted by Crippen LogP contribution is -2.22. The van der Waals surface area contributed by atoms with Crippen LogP contribution in [0.1, 0.15) is 5.56 Å². The van der Waals surface area contributed by atoms with Crippen LogP contribution in [0.2, 0.25) is 0 Å². The van der Waals surface area contributed by atoms with Gasteiger partial charge in [0.25, 0.3) is 0 Å². The number of nitrogens with zero attached hydrogens (tertiary/aromatic N) is 1. The van der Waals surface area contributed by atoms with Gasteiger partial charge in [-0.2, -0.15) is 0 Å². The van der Waals surface area contributed by atoms with E-state index in [-0.39, 0.29) is 0 Å². The standard InChI is InChI=1S/C11H15NO/c1-9-4-3-5-10(6-9)12(2)7-11-8-13-11/h3-6,11H,7-8H2,1-2H3/t11-/m1/s1. The summed E-state index contributed by atoms with van der Waals surface area (Å²) >= 11 is 0. The van der Waals surface area contributed by atoms with Gasteiger partial charge in [0, 0.05) is 19.3 Å². The van der Waals surface area contributed by atoms with Gasteiger partial charge < -0.3 is 9.64 Å². The molecule has 1 heterocycles. The number of aryl methyl sites for hydroxylation is 1. The van der Waals surface area contributed by atoms with E-state index in [1.807, 2.05) is 0 Å². The number of rotatable bonds is 3. The molecule has 1 saturated heterocycles. The van der Waals surface area contributed by atoms with Gasteiger partial charge in [-0.25, -0.2) is 0 Å². The number of hydrogen-bond donors (Lipinski definition) is 0. The number of benzene rings is 1. The van der Waals surface area contributed by atoms with Crippen LogP contribution in [-0.2, 0) is 4.74 Å². The molecule has 0 spiro atoms. The van der Waals surface area contributed by atoms with Gasteiger partial charge in [0.05, 0.1) is 12.7 Å². The van der Waals surface area contributed by atoms with Crippen LogP contribution in [0.3, 0.4) is 0 Å². The van der Waals surface area contributed by atoms with E-state index >= 15 is 0 Å². The summed E-state index contributed by atoms with van der Waals surface area (Å²) in [5.41, 5.74) is 2.58. The molecule has 1 atom stereocenters. The molecular formula is C11H15NO. The largest absolute Gasteiger partial charge is 0.372 e. The number of likely N-dealkylation sites (N-methyl/N-ethyl adjacent to an activating group) is 1. The highest BCUT2D eigenvalue weighted by Gasteiger charge is 2.23. The summed E-state index contributed by atoms with van der Waals surface area (Å²) in [5.74, 6) is 0. The van der Waals surface area contributed by atoms with Crippen molar-refractivity contribution < 1.29 is 4.74 Å². The number of anilines is 1. The Bertz CT molecular complexity index is 294. The van der Waals surface area contributed by atoms with Crippen LogP contribution in [0.15, 0.2) is 24.3 Å². The highest BCUT2D eigenvalue weighted by Crippen LogP contribution is 2.18. The van der Waals surface area contributed by atoms with Crippen molar-refractivity contribution in [2.75, 3.05) is 25.1 Å². The van der Waals surface area contributed by atoms with Crippen LogP contribution in [0.4, 0.5) is 5.69 Å². The third-order valence-corrected chi connectivity index (χ3v) is 2.32. The Morgan fingerprint density at radius 1 is 1.54 bits per heavy atom. The Morgan fingerprint density at radius 3 is 2.92 bits per heavy atom. The lowest BCUT2D eigenvalue weighted by molar-refractivity contribution is 0.410. The molecule has 1 aromatic carbocycles. The van der Waals surface area contributed by atoms with Crippen molar-refractivity contribution in [1.82, 2.24) is 0 Å². The summed E-state index contributed by atoms with van der Waals surface area (Å²) < 4.78 is 5.19. The molecule has 0 bridgehead atoms. The quantitative estimate of drug-likeness (QED) is 0.655. The maximum absolute atomic E-state index is 5.19. The Kier molecular flexibility index (Phi) is 2.23. The minimum absolute atomic E-state index is 0.463. The van der Waals surface area contributed by atoms with Gasteiger partial charge in [0.15, 0.2) is 0 Å². The van der Waals surface area contributed by atoms with E-state index in [4.69, 9.17) is 4.74 Å². The maximum Gasteiger partial charge on any atom is 0.0984 e. The normalized spacial score (nSPS) is 20.0. The second-order valence-corrected chi connectivity index (χ2v) is 3.67. The molecule has 70 valence electrons. The van der Waals surface area contributed by atoms with E-state index < -0.39 is 0 Å². The smallest absolute Gasteiger partial charge is 0.0984 e. The first-order valence-electron chi connectivity index (χ1n) is 4.65. The SMILES string of the molecule is Cc1cccc(N(C)C[C@@H]2CO2)c1. The number of ether oxygens (including phenoxy) is 1. The van der Waals surface area contributed by atoms with Crippen molar-refractivity contribution in [3.05, 3.63) is 29.8 Å². The molecule has 0 N–H and O–H groups in total. The monoisotopic (exact) mass is 177 g/mol. The predicted molar refractivity (Wildman–Crippen MR) is 54.2 cm³/mol. The summed E-state index contributed by atoms with van der Waals surface area (Å²) in [7, 11) is 2.11. The minimum atomic E-state index is 0.463. The topological polar surface area (TPSA) is 15.8 Å². The highest BCUT2D eigenvalue weighted by molar-refractivity contribution is 5.47. The maximum atomic E-state index is 5.19. The van der Waals surface area contributed by atoms with Crippen LogP contribution < -0.4 is 4.90 Å². The van der Waals surface area contributed by atoms with Gasteiger partial charge in [0.1, 0.15) is 0 Å². The minimum Gasteiger partial charge on any atom is -0.372 e. The van der Waals surface area contributed by atoms with Gasteiger partial charge in [-0.15, -0.1) is 0 Å². The van der Waals surface area contributed by atoms with Crippen molar-refractivity contribution in [2.45, 2.75) is 13.0 Å². The Balaban J connectivity index is 2.04. The van der Waals surface area contributed by atoms with Crippen molar-refractivity contribution in [3.63, 3.8) is 0 Å². The summed E-state index contributed by atoms with van der Waals surface area (Å²) in [6, 6.07) is 8.54. The molecule has 0 radical (unpaired) electrons. The van der Waals surface area contributed by atoms with Crippen molar-refractivity contribution in [1.29, 1.82) is 0 Å². The second-order valence-electron chi connectivity index (χ2n) is 3.67. The Hall–Kier alpha value is -1.02. The van der Waals surface area contributed by atoms with Gasteiger partial charge >= 0.3 is 0 Å². The average Bonchev–Trinajstić information content (AvgIpc) is 2.88. The predicted octanol–water partition coefficient (Wildman–Crippen LogP) is 1.83. The lowest BCUT2D eigenvalue weighted by Gasteiger charge is -2.18. The summed E-state index contributed by atoms with van der Waals surface area (Å²) in [4.78, 5) is 2.24. The molecule has 1 aliphatic heterocycles. The van der Waals surface area contributed by atoms with Gasteiger partial charge in [-0.1, -0.05) is 12.1 Å². The molecule has 1 fully saturated rings. The fourth-order valence-corrected chi connectivity index (χ4v) is 1.45.